The Bertz CT molecular complexity index is 569. The molecule has 2 nitrogen and oxygen atoms in total. The number of carbonyl (C=O) groups excluding carboxylic acids is 1. The van der Waals surface area contributed by atoms with E-state index in [1.807, 2.05) is 13.0 Å². The van der Waals surface area contributed by atoms with E-state index in [1.54, 1.807) is 0 Å². The summed E-state index contributed by atoms with van der Waals surface area (Å²) in [7, 11) is 0. The SMILES string of the molecule is CC1=CC([C@@H]2CCCc3cc(C)c(C)cc32)OC1=O. The van der Waals surface area contributed by atoms with Crippen LogP contribution in [-0.4, -0.2) is 12.1 Å². The summed E-state index contributed by atoms with van der Waals surface area (Å²) in [4.78, 5) is 11.6. The van der Waals surface area contributed by atoms with Crippen LogP contribution < -0.4 is 0 Å². The molecule has 0 bridgehead atoms. The number of cyclic esters (lactones) is 1. The van der Waals surface area contributed by atoms with E-state index in [-0.39, 0.29) is 12.1 Å². The van der Waals surface area contributed by atoms with E-state index in [2.05, 4.69) is 26.0 Å². The number of aryl methyl sites for hydroxylation is 3. The van der Waals surface area contributed by atoms with Gasteiger partial charge in [0.1, 0.15) is 6.10 Å². The Hall–Kier alpha value is -1.57. The zero-order valence-electron chi connectivity index (χ0n) is 11.8. The molecule has 1 heterocycles. The van der Waals surface area contributed by atoms with Crippen molar-refractivity contribution in [3.63, 3.8) is 0 Å². The van der Waals surface area contributed by atoms with E-state index >= 15 is 0 Å². The van der Waals surface area contributed by atoms with Gasteiger partial charge in [0.2, 0.25) is 0 Å². The lowest BCUT2D eigenvalue weighted by atomic mass is 9.78. The van der Waals surface area contributed by atoms with Crippen molar-refractivity contribution in [2.24, 2.45) is 0 Å². The van der Waals surface area contributed by atoms with E-state index in [4.69, 9.17) is 4.74 Å². The van der Waals surface area contributed by atoms with Crippen LogP contribution in [0.4, 0.5) is 0 Å². The fourth-order valence-electron chi connectivity index (χ4n) is 3.23. The lowest BCUT2D eigenvalue weighted by Gasteiger charge is -2.29. The lowest BCUT2D eigenvalue weighted by molar-refractivity contribution is -0.140. The molecule has 1 unspecified atom stereocenters. The van der Waals surface area contributed by atoms with Crippen LogP contribution in [0, 0.1) is 13.8 Å². The smallest absolute Gasteiger partial charge is 0.334 e. The van der Waals surface area contributed by atoms with Gasteiger partial charge in [-0.15, -0.1) is 0 Å². The van der Waals surface area contributed by atoms with Gasteiger partial charge >= 0.3 is 5.97 Å². The minimum absolute atomic E-state index is 0.0614. The van der Waals surface area contributed by atoms with Gasteiger partial charge in [-0.3, -0.25) is 0 Å². The van der Waals surface area contributed by atoms with E-state index in [1.165, 1.54) is 28.7 Å². The summed E-state index contributed by atoms with van der Waals surface area (Å²) in [6.07, 6.45) is 5.38. The summed E-state index contributed by atoms with van der Waals surface area (Å²) >= 11 is 0. The Kier molecular flexibility index (Phi) is 2.96. The summed E-state index contributed by atoms with van der Waals surface area (Å²) in [6, 6.07) is 4.61. The number of hydrogen-bond donors (Lipinski definition) is 0. The van der Waals surface area contributed by atoms with E-state index in [0.717, 1.165) is 18.4 Å². The molecule has 0 aromatic heterocycles. The van der Waals surface area contributed by atoms with Crippen LogP contribution >= 0.6 is 0 Å². The second-order valence-electron chi connectivity index (χ2n) is 5.85. The van der Waals surface area contributed by atoms with Crippen LogP contribution in [0.2, 0.25) is 0 Å². The second-order valence-corrected chi connectivity index (χ2v) is 5.85. The quantitative estimate of drug-likeness (QED) is 0.718. The second kappa shape index (κ2) is 4.52. The minimum Gasteiger partial charge on any atom is -0.454 e. The van der Waals surface area contributed by atoms with Gasteiger partial charge in [0.15, 0.2) is 0 Å². The fourth-order valence-corrected chi connectivity index (χ4v) is 3.23. The van der Waals surface area contributed by atoms with Crippen molar-refractivity contribution in [2.45, 2.75) is 52.1 Å². The largest absolute Gasteiger partial charge is 0.454 e. The zero-order valence-corrected chi connectivity index (χ0v) is 11.8. The molecule has 0 saturated carbocycles. The van der Waals surface area contributed by atoms with Crippen LogP contribution in [-0.2, 0) is 16.0 Å². The predicted molar refractivity (Wildman–Crippen MR) is 75.2 cm³/mol. The van der Waals surface area contributed by atoms with Crippen LogP contribution in [0.15, 0.2) is 23.8 Å². The first kappa shape index (κ1) is 12.5. The first-order valence-electron chi connectivity index (χ1n) is 7.05. The number of rotatable bonds is 1. The van der Waals surface area contributed by atoms with Crippen molar-refractivity contribution < 1.29 is 9.53 Å². The normalized spacial score (nSPS) is 25.8. The molecule has 0 radical (unpaired) electrons. The molecule has 100 valence electrons. The summed E-state index contributed by atoms with van der Waals surface area (Å²) in [5.41, 5.74) is 6.26. The van der Waals surface area contributed by atoms with Crippen LogP contribution in [0.5, 0.6) is 0 Å². The van der Waals surface area contributed by atoms with Gasteiger partial charge in [0.05, 0.1) is 0 Å². The first-order valence-corrected chi connectivity index (χ1v) is 7.05. The minimum atomic E-state index is -0.152. The third-order valence-electron chi connectivity index (χ3n) is 4.49. The fraction of sp³-hybridized carbons (Fsp3) is 0.471. The molecular weight excluding hydrogens is 236 g/mol. The monoisotopic (exact) mass is 256 g/mol. The number of esters is 1. The van der Waals surface area contributed by atoms with Gasteiger partial charge in [-0.2, -0.15) is 0 Å². The Morgan fingerprint density at radius 1 is 1.16 bits per heavy atom. The highest BCUT2D eigenvalue weighted by Crippen LogP contribution is 2.39. The summed E-state index contributed by atoms with van der Waals surface area (Å²) in [5.74, 6) is 0.186. The number of benzene rings is 1. The summed E-state index contributed by atoms with van der Waals surface area (Å²) in [5, 5.41) is 0. The molecule has 1 aromatic rings. The Morgan fingerprint density at radius 3 is 2.58 bits per heavy atom. The van der Waals surface area contributed by atoms with E-state index in [0.29, 0.717) is 5.92 Å². The molecule has 19 heavy (non-hydrogen) atoms. The summed E-state index contributed by atoms with van der Waals surface area (Å²) < 4.78 is 5.51. The van der Waals surface area contributed by atoms with Crippen LogP contribution in [0.25, 0.3) is 0 Å². The molecular formula is C17H20O2. The van der Waals surface area contributed by atoms with Gasteiger partial charge in [-0.1, -0.05) is 12.1 Å². The predicted octanol–water partition coefficient (Wildman–Crippen LogP) is 3.60. The molecule has 0 saturated heterocycles. The highest BCUT2D eigenvalue weighted by molar-refractivity contribution is 5.90. The Morgan fingerprint density at radius 2 is 1.89 bits per heavy atom. The molecule has 0 fully saturated rings. The molecule has 3 rings (SSSR count). The number of fused-ring (bicyclic) bond motifs is 1. The number of hydrogen-bond acceptors (Lipinski definition) is 2. The van der Waals surface area contributed by atoms with Gasteiger partial charge in [0.25, 0.3) is 0 Å². The first-order chi connectivity index (χ1) is 9.06. The third-order valence-corrected chi connectivity index (χ3v) is 4.49. The maximum Gasteiger partial charge on any atom is 0.334 e. The molecule has 0 amide bonds. The standard InChI is InChI=1S/C17H20O2/c1-10-7-13-5-4-6-14(15(13)8-11(10)2)16-9-12(3)17(18)19-16/h7-9,14,16H,4-6H2,1-3H3/t14-,16?/m1/s1. The molecule has 2 heteroatoms. The number of ether oxygens (including phenoxy) is 1. The van der Waals surface area contributed by atoms with E-state index in [9.17, 15) is 4.79 Å². The van der Waals surface area contributed by atoms with Crippen molar-refractivity contribution in [3.8, 4) is 0 Å². The van der Waals surface area contributed by atoms with Crippen molar-refractivity contribution in [1.82, 2.24) is 0 Å². The third kappa shape index (κ3) is 2.09. The van der Waals surface area contributed by atoms with E-state index < -0.39 is 0 Å². The molecule has 1 aliphatic carbocycles. The number of carbonyl (C=O) groups is 1. The molecule has 1 aliphatic heterocycles. The van der Waals surface area contributed by atoms with Crippen molar-refractivity contribution >= 4 is 5.97 Å². The maximum atomic E-state index is 11.6. The van der Waals surface area contributed by atoms with Gasteiger partial charge in [-0.05, 0) is 68.4 Å². The molecule has 0 spiro atoms. The van der Waals surface area contributed by atoms with Crippen molar-refractivity contribution in [2.75, 3.05) is 0 Å². The molecule has 1 aromatic carbocycles. The summed E-state index contributed by atoms with van der Waals surface area (Å²) in [6.45, 7) is 6.16. The Balaban J connectivity index is 1.99. The molecule has 2 aliphatic rings. The van der Waals surface area contributed by atoms with Crippen molar-refractivity contribution in [3.05, 3.63) is 46.0 Å². The van der Waals surface area contributed by atoms with Crippen molar-refractivity contribution in [1.29, 1.82) is 0 Å². The lowest BCUT2D eigenvalue weighted by Crippen LogP contribution is -2.23. The van der Waals surface area contributed by atoms with Gasteiger partial charge < -0.3 is 4.74 Å². The highest BCUT2D eigenvalue weighted by atomic mass is 16.5. The Labute approximate surface area is 114 Å². The molecule has 2 atom stereocenters. The molecule has 0 N–H and O–H groups in total. The maximum absolute atomic E-state index is 11.6. The highest BCUT2D eigenvalue weighted by Gasteiger charge is 2.33. The van der Waals surface area contributed by atoms with Crippen LogP contribution in [0.1, 0.15) is 47.9 Å². The van der Waals surface area contributed by atoms with Gasteiger partial charge in [0, 0.05) is 11.5 Å². The average molecular weight is 256 g/mol. The van der Waals surface area contributed by atoms with Crippen LogP contribution in [0.3, 0.4) is 0 Å². The topological polar surface area (TPSA) is 26.3 Å². The zero-order chi connectivity index (χ0) is 13.6. The average Bonchev–Trinajstić information content (AvgIpc) is 2.70. The van der Waals surface area contributed by atoms with Gasteiger partial charge in [-0.25, -0.2) is 4.79 Å².